The van der Waals surface area contributed by atoms with Gasteiger partial charge in [0.15, 0.2) is 0 Å². The molecule has 0 aromatic carbocycles. The molecule has 2 unspecified atom stereocenters. The molecular formula is C12H25N3. The van der Waals surface area contributed by atoms with E-state index in [0.717, 1.165) is 12.1 Å². The third kappa shape index (κ3) is 2.52. The number of hydrogen-bond acceptors (Lipinski definition) is 3. The van der Waals surface area contributed by atoms with Gasteiger partial charge in [0.05, 0.1) is 0 Å². The van der Waals surface area contributed by atoms with Crippen LogP contribution in [0.5, 0.6) is 0 Å². The molecule has 2 heterocycles. The van der Waals surface area contributed by atoms with E-state index in [1.807, 2.05) is 0 Å². The zero-order valence-electron chi connectivity index (χ0n) is 10.4. The highest BCUT2D eigenvalue weighted by Gasteiger charge is 2.31. The summed E-state index contributed by atoms with van der Waals surface area (Å²) >= 11 is 0. The number of nitrogens with zero attached hydrogens (tertiary/aromatic N) is 2. The van der Waals surface area contributed by atoms with Gasteiger partial charge in [-0.3, -0.25) is 9.80 Å². The maximum absolute atomic E-state index is 3.47. The van der Waals surface area contributed by atoms with Gasteiger partial charge in [0.1, 0.15) is 0 Å². The van der Waals surface area contributed by atoms with Crippen LogP contribution in [0.25, 0.3) is 0 Å². The molecule has 0 spiro atoms. The summed E-state index contributed by atoms with van der Waals surface area (Å²) in [6, 6.07) is 2.23. The Morgan fingerprint density at radius 1 is 1.27 bits per heavy atom. The molecular weight excluding hydrogens is 186 g/mol. The monoisotopic (exact) mass is 211 g/mol. The Balaban J connectivity index is 1.88. The molecule has 2 saturated heterocycles. The summed E-state index contributed by atoms with van der Waals surface area (Å²) in [7, 11) is 0. The van der Waals surface area contributed by atoms with Crippen molar-refractivity contribution in [2.75, 3.05) is 32.7 Å². The minimum Gasteiger partial charge on any atom is -0.315 e. The number of rotatable bonds is 2. The van der Waals surface area contributed by atoms with Crippen molar-refractivity contribution in [2.24, 2.45) is 0 Å². The van der Waals surface area contributed by atoms with Gasteiger partial charge >= 0.3 is 0 Å². The maximum atomic E-state index is 3.47. The van der Waals surface area contributed by atoms with Gasteiger partial charge < -0.3 is 5.32 Å². The molecule has 3 heteroatoms. The first-order valence-electron chi connectivity index (χ1n) is 6.39. The van der Waals surface area contributed by atoms with Crippen LogP contribution in [0.3, 0.4) is 0 Å². The van der Waals surface area contributed by atoms with E-state index >= 15 is 0 Å². The quantitative estimate of drug-likeness (QED) is 0.727. The van der Waals surface area contributed by atoms with E-state index in [-0.39, 0.29) is 0 Å². The second-order valence-electron chi connectivity index (χ2n) is 5.32. The molecule has 88 valence electrons. The molecule has 2 aliphatic heterocycles. The molecule has 2 aliphatic rings. The van der Waals surface area contributed by atoms with Gasteiger partial charge in [-0.25, -0.2) is 0 Å². The lowest BCUT2D eigenvalue weighted by Gasteiger charge is -2.44. The van der Waals surface area contributed by atoms with E-state index < -0.39 is 0 Å². The van der Waals surface area contributed by atoms with E-state index in [4.69, 9.17) is 0 Å². The molecule has 0 bridgehead atoms. The Morgan fingerprint density at radius 2 is 2.07 bits per heavy atom. The first-order valence-corrected chi connectivity index (χ1v) is 6.39. The van der Waals surface area contributed by atoms with E-state index in [9.17, 15) is 0 Å². The summed E-state index contributed by atoms with van der Waals surface area (Å²) in [6.45, 7) is 13.2. The molecule has 3 nitrogen and oxygen atoms in total. The van der Waals surface area contributed by atoms with Crippen molar-refractivity contribution in [3.8, 4) is 0 Å². The average Bonchev–Trinajstić information content (AvgIpc) is 2.70. The van der Waals surface area contributed by atoms with Crippen molar-refractivity contribution in [2.45, 2.75) is 45.3 Å². The lowest BCUT2D eigenvalue weighted by Crippen LogP contribution is -2.57. The largest absolute Gasteiger partial charge is 0.315 e. The molecule has 0 saturated carbocycles. The third-order valence-corrected chi connectivity index (χ3v) is 3.94. The van der Waals surface area contributed by atoms with E-state index in [1.165, 1.54) is 39.1 Å². The Labute approximate surface area is 93.8 Å². The maximum Gasteiger partial charge on any atom is 0.0236 e. The predicted molar refractivity (Wildman–Crippen MR) is 64.2 cm³/mol. The zero-order chi connectivity index (χ0) is 10.8. The van der Waals surface area contributed by atoms with E-state index in [0.29, 0.717) is 6.04 Å². The highest BCUT2D eigenvalue weighted by molar-refractivity contribution is 4.89. The standard InChI is InChI=1S/C12H25N3/c1-10(2)14-6-7-15(11(3)9-14)12-4-5-13-8-12/h10-13H,4-9H2,1-3H3. The smallest absolute Gasteiger partial charge is 0.0236 e. The molecule has 0 amide bonds. The summed E-state index contributed by atoms with van der Waals surface area (Å²) in [5.74, 6) is 0. The molecule has 15 heavy (non-hydrogen) atoms. The Hall–Kier alpha value is -0.120. The highest BCUT2D eigenvalue weighted by Crippen LogP contribution is 2.18. The van der Waals surface area contributed by atoms with Crippen molar-refractivity contribution < 1.29 is 0 Å². The fourth-order valence-corrected chi connectivity index (χ4v) is 2.93. The number of hydrogen-bond donors (Lipinski definition) is 1. The van der Waals surface area contributed by atoms with Gasteiger partial charge in [-0.05, 0) is 33.7 Å². The van der Waals surface area contributed by atoms with E-state index in [1.54, 1.807) is 0 Å². The molecule has 0 aromatic heterocycles. The topological polar surface area (TPSA) is 18.5 Å². The van der Waals surface area contributed by atoms with Crippen molar-refractivity contribution >= 4 is 0 Å². The molecule has 0 aliphatic carbocycles. The van der Waals surface area contributed by atoms with Gasteiger partial charge in [0, 0.05) is 44.3 Å². The molecule has 1 N–H and O–H groups in total. The lowest BCUT2D eigenvalue weighted by molar-refractivity contribution is 0.0401. The summed E-state index contributed by atoms with van der Waals surface area (Å²) < 4.78 is 0. The summed E-state index contributed by atoms with van der Waals surface area (Å²) in [5.41, 5.74) is 0. The van der Waals surface area contributed by atoms with Crippen molar-refractivity contribution in [3.05, 3.63) is 0 Å². The molecule has 0 aromatic rings. The molecule has 2 fully saturated rings. The third-order valence-electron chi connectivity index (χ3n) is 3.94. The van der Waals surface area contributed by atoms with Gasteiger partial charge in [0.2, 0.25) is 0 Å². The van der Waals surface area contributed by atoms with Crippen LogP contribution in [0.1, 0.15) is 27.2 Å². The first-order chi connectivity index (χ1) is 7.18. The Morgan fingerprint density at radius 3 is 2.60 bits per heavy atom. The summed E-state index contributed by atoms with van der Waals surface area (Å²) in [5, 5.41) is 3.47. The van der Waals surface area contributed by atoms with Crippen LogP contribution >= 0.6 is 0 Å². The second kappa shape index (κ2) is 4.81. The fraction of sp³-hybridized carbons (Fsp3) is 1.00. The normalized spacial score (nSPS) is 35.2. The molecule has 0 radical (unpaired) electrons. The second-order valence-corrected chi connectivity index (χ2v) is 5.32. The Kier molecular flexibility index (Phi) is 3.65. The van der Waals surface area contributed by atoms with Gasteiger partial charge in [0.25, 0.3) is 0 Å². The van der Waals surface area contributed by atoms with Crippen molar-refractivity contribution in [1.29, 1.82) is 0 Å². The average molecular weight is 211 g/mol. The van der Waals surface area contributed by atoms with Crippen LogP contribution in [0.15, 0.2) is 0 Å². The minimum absolute atomic E-state index is 0.705. The summed E-state index contributed by atoms with van der Waals surface area (Å²) in [4.78, 5) is 5.31. The van der Waals surface area contributed by atoms with E-state index in [2.05, 4.69) is 35.9 Å². The first kappa shape index (κ1) is 11.4. The van der Waals surface area contributed by atoms with Crippen LogP contribution in [0.4, 0.5) is 0 Å². The lowest BCUT2D eigenvalue weighted by atomic mass is 10.1. The zero-order valence-corrected chi connectivity index (χ0v) is 10.4. The Bertz CT molecular complexity index is 199. The number of piperazine rings is 1. The van der Waals surface area contributed by atoms with Crippen LogP contribution in [-0.4, -0.2) is 60.6 Å². The van der Waals surface area contributed by atoms with Crippen LogP contribution in [0.2, 0.25) is 0 Å². The van der Waals surface area contributed by atoms with Crippen LogP contribution < -0.4 is 5.32 Å². The van der Waals surface area contributed by atoms with Crippen LogP contribution in [0, 0.1) is 0 Å². The molecule has 2 rings (SSSR count). The highest BCUT2D eigenvalue weighted by atomic mass is 15.3. The van der Waals surface area contributed by atoms with Crippen molar-refractivity contribution in [3.63, 3.8) is 0 Å². The molecule has 2 atom stereocenters. The van der Waals surface area contributed by atoms with Crippen LogP contribution in [-0.2, 0) is 0 Å². The number of nitrogens with one attached hydrogen (secondary N) is 1. The van der Waals surface area contributed by atoms with Gasteiger partial charge in [-0.2, -0.15) is 0 Å². The minimum atomic E-state index is 0.705. The van der Waals surface area contributed by atoms with Gasteiger partial charge in [-0.1, -0.05) is 0 Å². The predicted octanol–water partition coefficient (Wildman–Crippen LogP) is 0.763. The van der Waals surface area contributed by atoms with Crippen molar-refractivity contribution in [1.82, 2.24) is 15.1 Å². The SMILES string of the molecule is CC(C)N1CCN(C2CCNC2)C(C)C1. The fourth-order valence-electron chi connectivity index (χ4n) is 2.93. The van der Waals surface area contributed by atoms with Gasteiger partial charge in [-0.15, -0.1) is 0 Å². The summed E-state index contributed by atoms with van der Waals surface area (Å²) in [6.07, 6.45) is 1.34.